The molecular formula is C11H10ClF3O3. The largest absolute Gasteiger partial charge is 0.479 e. The molecule has 0 amide bonds. The number of carbonyl (C=O) groups excluding carboxylic acids is 1. The van der Waals surface area contributed by atoms with Crippen molar-refractivity contribution in [2.75, 3.05) is 6.61 Å². The van der Waals surface area contributed by atoms with E-state index in [1.807, 2.05) is 0 Å². The van der Waals surface area contributed by atoms with E-state index < -0.39 is 24.9 Å². The van der Waals surface area contributed by atoms with E-state index in [0.29, 0.717) is 10.8 Å². The zero-order valence-corrected chi connectivity index (χ0v) is 10.1. The summed E-state index contributed by atoms with van der Waals surface area (Å²) in [5, 5.41) is 0.481. The predicted octanol–water partition coefficient (Wildman–Crippen LogP) is 3.21. The Balaban J connectivity index is 2.47. The van der Waals surface area contributed by atoms with Gasteiger partial charge in [0.2, 0.25) is 0 Å². The second-order valence-electron chi connectivity index (χ2n) is 3.44. The van der Waals surface area contributed by atoms with Crippen molar-refractivity contribution < 1.29 is 27.4 Å². The van der Waals surface area contributed by atoms with Gasteiger partial charge in [0.1, 0.15) is 5.75 Å². The molecule has 0 aliphatic carbocycles. The molecule has 100 valence electrons. The van der Waals surface area contributed by atoms with Gasteiger partial charge in [0.25, 0.3) is 0 Å². The number of hydrogen-bond donors (Lipinski definition) is 0. The average molecular weight is 283 g/mol. The molecule has 0 radical (unpaired) electrons. The van der Waals surface area contributed by atoms with Crippen molar-refractivity contribution in [2.45, 2.75) is 19.2 Å². The Morgan fingerprint density at radius 2 is 1.89 bits per heavy atom. The molecule has 0 fully saturated rings. The van der Waals surface area contributed by atoms with E-state index in [4.69, 9.17) is 16.3 Å². The summed E-state index contributed by atoms with van der Waals surface area (Å²) in [5.41, 5.74) is 0. The van der Waals surface area contributed by atoms with E-state index >= 15 is 0 Å². The van der Waals surface area contributed by atoms with Crippen molar-refractivity contribution in [1.29, 1.82) is 0 Å². The molecule has 1 atom stereocenters. The first-order chi connectivity index (χ1) is 8.28. The third-order valence-electron chi connectivity index (χ3n) is 1.84. The van der Waals surface area contributed by atoms with Gasteiger partial charge in [0.05, 0.1) is 0 Å². The second-order valence-corrected chi connectivity index (χ2v) is 3.87. The molecular weight excluding hydrogens is 273 g/mol. The fourth-order valence-electron chi connectivity index (χ4n) is 1.04. The third kappa shape index (κ3) is 5.27. The van der Waals surface area contributed by atoms with Gasteiger partial charge in [0, 0.05) is 5.02 Å². The number of ether oxygens (including phenoxy) is 2. The van der Waals surface area contributed by atoms with Gasteiger partial charge >= 0.3 is 12.1 Å². The van der Waals surface area contributed by atoms with E-state index in [2.05, 4.69) is 4.74 Å². The van der Waals surface area contributed by atoms with Crippen molar-refractivity contribution in [3.63, 3.8) is 0 Å². The van der Waals surface area contributed by atoms with Crippen LogP contribution in [0.1, 0.15) is 6.92 Å². The molecule has 1 rings (SSSR count). The average Bonchev–Trinajstić information content (AvgIpc) is 2.28. The summed E-state index contributed by atoms with van der Waals surface area (Å²) < 4.78 is 44.6. The predicted molar refractivity (Wildman–Crippen MR) is 58.6 cm³/mol. The molecule has 7 heteroatoms. The molecule has 0 heterocycles. The van der Waals surface area contributed by atoms with Crippen LogP contribution in [0.25, 0.3) is 0 Å². The Labute approximate surface area is 106 Å². The molecule has 0 saturated carbocycles. The monoisotopic (exact) mass is 282 g/mol. The molecule has 1 unspecified atom stereocenters. The number of esters is 1. The maximum Gasteiger partial charge on any atom is 0.422 e. The zero-order chi connectivity index (χ0) is 13.8. The van der Waals surface area contributed by atoms with Crippen LogP contribution in [-0.2, 0) is 9.53 Å². The van der Waals surface area contributed by atoms with Crippen molar-refractivity contribution in [3.8, 4) is 5.75 Å². The molecule has 0 spiro atoms. The maximum atomic E-state index is 11.8. The first-order valence-electron chi connectivity index (χ1n) is 4.93. The van der Waals surface area contributed by atoms with Crippen molar-refractivity contribution in [3.05, 3.63) is 29.3 Å². The number of benzene rings is 1. The van der Waals surface area contributed by atoms with Crippen LogP contribution in [0, 0.1) is 0 Å². The van der Waals surface area contributed by atoms with Gasteiger partial charge in [-0.05, 0) is 31.2 Å². The standard InChI is InChI=1S/C11H10ClF3O3/c1-7(10(16)17-6-11(13,14)15)18-9-4-2-8(12)3-5-9/h2-5,7H,6H2,1H3. The van der Waals surface area contributed by atoms with E-state index in [1.54, 1.807) is 0 Å². The molecule has 0 aliphatic heterocycles. The van der Waals surface area contributed by atoms with Gasteiger partial charge in [-0.25, -0.2) is 4.79 Å². The number of carbonyl (C=O) groups is 1. The summed E-state index contributed by atoms with van der Waals surface area (Å²) in [4.78, 5) is 11.2. The highest BCUT2D eigenvalue weighted by atomic mass is 35.5. The first kappa shape index (κ1) is 14.6. The summed E-state index contributed by atoms with van der Waals surface area (Å²) in [6.45, 7) is -0.326. The van der Waals surface area contributed by atoms with Crippen LogP contribution in [0.3, 0.4) is 0 Å². The van der Waals surface area contributed by atoms with Gasteiger partial charge < -0.3 is 9.47 Å². The Hall–Kier alpha value is -1.43. The fraction of sp³-hybridized carbons (Fsp3) is 0.364. The fourth-order valence-corrected chi connectivity index (χ4v) is 1.16. The van der Waals surface area contributed by atoms with Crippen LogP contribution in [0.5, 0.6) is 5.75 Å². The minimum atomic E-state index is -4.55. The number of alkyl halides is 3. The molecule has 18 heavy (non-hydrogen) atoms. The van der Waals surface area contributed by atoms with Gasteiger partial charge in [-0.1, -0.05) is 11.6 Å². The van der Waals surface area contributed by atoms with E-state index in [-0.39, 0.29) is 0 Å². The van der Waals surface area contributed by atoms with Crippen LogP contribution >= 0.6 is 11.6 Å². The van der Waals surface area contributed by atoms with E-state index in [9.17, 15) is 18.0 Å². The van der Waals surface area contributed by atoms with Crippen LogP contribution < -0.4 is 4.74 Å². The summed E-state index contributed by atoms with van der Waals surface area (Å²) >= 11 is 5.64. The Bertz CT molecular complexity index is 403. The lowest BCUT2D eigenvalue weighted by atomic mass is 10.3. The Morgan fingerprint density at radius 3 is 2.39 bits per heavy atom. The first-order valence-corrected chi connectivity index (χ1v) is 5.31. The van der Waals surface area contributed by atoms with Crippen LogP contribution in [0.15, 0.2) is 24.3 Å². The number of halogens is 4. The van der Waals surface area contributed by atoms with Gasteiger partial charge in [-0.3, -0.25) is 0 Å². The number of rotatable bonds is 4. The summed E-state index contributed by atoms with van der Waals surface area (Å²) in [7, 11) is 0. The normalized spacial score (nSPS) is 12.9. The molecule has 1 aromatic rings. The summed E-state index contributed by atoms with van der Waals surface area (Å²) in [5.74, 6) is -0.766. The molecule has 0 aliphatic rings. The smallest absolute Gasteiger partial charge is 0.422 e. The van der Waals surface area contributed by atoms with E-state index in [0.717, 1.165) is 0 Å². The van der Waals surface area contributed by atoms with Gasteiger partial charge in [0.15, 0.2) is 12.7 Å². The molecule has 0 bridgehead atoms. The zero-order valence-electron chi connectivity index (χ0n) is 9.33. The highest BCUT2D eigenvalue weighted by Crippen LogP contribution is 2.18. The Kier molecular flexibility index (Phi) is 4.84. The molecule has 0 saturated heterocycles. The SMILES string of the molecule is CC(Oc1ccc(Cl)cc1)C(=O)OCC(F)(F)F. The van der Waals surface area contributed by atoms with Crippen LogP contribution in [0.2, 0.25) is 5.02 Å². The molecule has 0 aromatic heterocycles. The van der Waals surface area contributed by atoms with Crippen molar-refractivity contribution in [1.82, 2.24) is 0 Å². The lowest BCUT2D eigenvalue weighted by Crippen LogP contribution is -2.30. The topological polar surface area (TPSA) is 35.5 Å². The minimum absolute atomic E-state index is 0.316. The van der Waals surface area contributed by atoms with Gasteiger partial charge in [-0.15, -0.1) is 0 Å². The quantitative estimate of drug-likeness (QED) is 0.796. The van der Waals surface area contributed by atoms with Crippen molar-refractivity contribution in [2.24, 2.45) is 0 Å². The molecule has 1 aromatic carbocycles. The number of hydrogen-bond acceptors (Lipinski definition) is 3. The Morgan fingerprint density at radius 1 is 1.33 bits per heavy atom. The highest BCUT2D eigenvalue weighted by Gasteiger charge is 2.31. The van der Waals surface area contributed by atoms with Gasteiger partial charge in [-0.2, -0.15) is 13.2 Å². The van der Waals surface area contributed by atoms with E-state index in [1.165, 1.54) is 31.2 Å². The third-order valence-corrected chi connectivity index (χ3v) is 2.09. The van der Waals surface area contributed by atoms with Crippen LogP contribution in [-0.4, -0.2) is 24.9 Å². The maximum absolute atomic E-state index is 11.8. The molecule has 0 N–H and O–H groups in total. The van der Waals surface area contributed by atoms with Crippen LogP contribution in [0.4, 0.5) is 13.2 Å². The highest BCUT2D eigenvalue weighted by molar-refractivity contribution is 6.30. The summed E-state index contributed by atoms with van der Waals surface area (Å²) in [6, 6.07) is 6.06. The van der Waals surface area contributed by atoms with Crippen molar-refractivity contribution >= 4 is 17.6 Å². The second kappa shape index (κ2) is 5.95. The minimum Gasteiger partial charge on any atom is -0.479 e. The lowest BCUT2D eigenvalue weighted by molar-refractivity contribution is -0.190. The molecule has 3 nitrogen and oxygen atoms in total. The summed E-state index contributed by atoms with van der Waals surface area (Å²) in [6.07, 6.45) is -5.68. The lowest BCUT2D eigenvalue weighted by Gasteiger charge is -2.14.